The minimum atomic E-state index is 0.127. The molecule has 0 saturated carbocycles. The minimum absolute atomic E-state index is 0.127. The van der Waals surface area contributed by atoms with E-state index in [1.54, 1.807) is 0 Å². The largest absolute Gasteiger partial charge is 0.490 e. The third-order valence-corrected chi connectivity index (χ3v) is 5.06. The van der Waals surface area contributed by atoms with Crippen LogP contribution in [0.4, 0.5) is 0 Å². The average Bonchev–Trinajstić information content (AvgIpc) is 3.22. The molecule has 1 unspecified atom stereocenters. The standard InChI is InChI=1S/C22H32N2O3/c1-6-19-22(16(5)23-27-19)18-9-8-12-24(18)14-17-10-11-20(26-15(3)4)21(13-17)25-7-2/h10-11,13,15,18H,6-9,12,14H2,1-5H3. The minimum Gasteiger partial charge on any atom is -0.490 e. The maximum Gasteiger partial charge on any atom is 0.161 e. The second kappa shape index (κ2) is 8.79. The van der Waals surface area contributed by atoms with Gasteiger partial charge in [0.2, 0.25) is 0 Å². The number of likely N-dealkylation sites (tertiary alicyclic amines) is 1. The zero-order valence-electron chi connectivity index (χ0n) is 17.2. The molecule has 1 atom stereocenters. The number of ether oxygens (including phenoxy) is 2. The van der Waals surface area contributed by atoms with Gasteiger partial charge in [-0.2, -0.15) is 0 Å². The van der Waals surface area contributed by atoms with Gasteiger partial charge in [-0.3, -0.25) is 4.90 Å². The van der Waals surface area contributed by atoms with Crippen molar-refractivity contribution in [3.8, 4) is 11.5 Å². The molecule has 0 bridgehead atoms. The Hall–Kier alpha value is -2.01. The highest BCUT2D eigenvalue weighted by Gasteiger charge is 2.31. The lowest BCUT2D eigenvalue weighted by Gasteiger charge is -2.25. The number of nitrogens with zero attached hydrogens (tertiary/aromatic N) is 2. The molecular formula is C22H32N2O3. The maximum absolute atomic E-state index is 5.89. The van der Waals surface area contributed by atoms with Crippen LogP contribution in [-0.2, 0) is 13.0 Å². The van der Waals surface area contributed by atoms with Crippen LogP contribution in [0.25, 0.3) is 0 Å². The van der Waals surface area contributed by atoms with E-state index in [9.17, 15) is 0 Å². The van der Waals surface area contributed by atoms with Gasteiger partial charge < -0.3 is 14.0 Å². The SMILES string of the molecule is CCOc1cc(CN2CCCC2c2c(C)noc2CC)ccc1OC(C)C. The predicted molar refractivity (Wildman–Crippen MR) is 106 cm³/mol. The lowest BCUT2D eigenvalue weighted by Crippen LogP contribution is -2.23. The average molecular weight is 373 g/mol. The van der Waals surface area contributed by atoms with Gasteiger partial charge in [0.15, 0.2) is 11.5 Å². The van der Waals surface area contributed by atoms with E-state index in [1.807, 2.05) is 26.8 Å². The van der Waals surface area contributed by atoms with Gasteiger partial charge in [-0.25, -0.2) is 0 Å². The summed E-state index contributed by atoms with van der Waals surface area (Å²) in [5, 5.41) is 4.21. The number of rotatable bonds is 8. The molecule has 2 aromatic rings. The maximum atomic E-state index is 5.89. The summed E-state index contributed by atoms with van der Waals surface area (Å²) in [5.41, 5.74) is 3.56. The molecule has 0 N–H and O–H groups in total. The number of aromatic nitrogens is 1. The van der Waals surface area contributed by atoms with Gasteiger partial charge in [0.1, 0.15) is 5.76 Å². The fourth-order valence-corrected chi connectivity index (χ4v) is 3.95. The molecule has 2 heterocycles. The monoisotopic (exact) mass is 372 g/mol. The van der Waals surface area contributed by atoms with Crippen LogP contribution in [0, 0.1) is 6.92 Å². The van der Waals surface area contributed by atoms with Crippen molar-refractivity contribution < 1.29 is 14.0 Å². The molecule has 3 rings (SSSR count). The highest BCUT2D eigenvalue weighted by molar-refractivity contribution is 5.43. The smallest absolute Gasteiger partial charge is 0.161 e. The van der Waals surface area contributed by atoms with Crippen LogP contribution in [0.15, 0.2) is 22.7 Å². The lowest BCUT2D eigenvalue weighted by molar-refractivity contribution is 0.222. The van der Waals surface area contributed by atoms with Crippen molar-refractivity contribution in [2.45, 2.75) is 72.6 Å². The number of aryl methyl sites for hydroxylation is 2. The molecule has 1 aliphatic rings. The molecule has 1 aliphatic heterocycles. The predicted octanol–water partition coefficient (Wildman–Crippen LogP) is 5.07. The van der Waals surface area contributed by atoms with E-state index in [-0.39, 0.29) is 6.10 Å². The van der Waals surface area contributed by atoms with Gasteiger partial charge >= 0.3 is 0 Å². The second-order valence-electron chi connectivity index (χ2n) is 7.47. The molecule has 0 radical (unpaired) electrons. The summed E-state index contributed by atoms with van der Waals surface area (Å²) in [6, 6.07) is 6.69. The quantitative estimate of drug-likeness (QED) is 0.647. The third-order valence-electron chi connectivity index (χ3n) is 5.06. The molecule has 1 fully saturated rings. The summed E-state index contributed by atoms with van der Waals surface area (Å²) >= 11 is 0. The third kappa shape index (κ3) is 4.46. The Balaban J connectivity index is 1.81. The van der Waals surface area contributed by atoms with E-state index in [1.165, 1.54) is 17.5 Å². The summed E-state index contributed by atoms with van der Waals surface area (Å²) in [4.78, 5) is 2.53. The Morgan fingerprint density at radius 1 is 1.26 bits per heavy atom. The first-order chi connectivity index (χ1) is 13.0. The molecule has 0 aliphatic carbocycles. The van der Waals surface area contributed by atoms with E-state index in [4.69, 9.17) is 14.0 Å². The molecule has 0 amide bonds. The Morgan fingerprint density at radius 3 is 2.78 bits per heavy atom. The summed E-state index contributed by atoms with van der Waals surface area (Å²) in [5.74, 6) is 2.67. The fraction of sp³-hybridized carbons (Fsp3) is 0.591. The summed E-state index contributed by atoms with van der Waals surface area (Å²) in [7, 11) is 0. The normalized spacial score (nSPS) is 17.6. The molecule has 0 spiro atoms. The Bertz CT molecular complexity index is 754. The zero-order valence-corrected chi connectivity index (χ0v) is 17.2. The summed E-state index contributed by atoms with van der Waals surface area (Å²) in [6.07, 6.45) is 3.37. The van der Waals surface area contributed by atoms with E-state index < -0.39 is 0 Å². The van der Waals surface area contributed by atoms with Gasteiger partial charge in [0.05, 0.1) is 18.4 Å². The van der Waals surface area contributed by atoms with Crippen LogP contribution in [-0.4, -0.2) is 29.3 Å². The van der Waals surface area contributed by atoms with Gasteiger partial charge in [0, 0.05) is 24.6 Å². The van der Waals surface area contributed by atoms with Crippen LogP contribution < -0.4 is 9.47 Å². The first-order valence-corrected chi connectivity index (χ1v) is 10.1. The molecule has 27 heavy (non-hydrogen) atoms. The highest BCUT2D eigenvalue weighted by atomic mass is 16.5. The summed E-state index contributed by atoms with van der Waals surface area (Å²) in [6.45, 7) is 12.9. The molecular weight excluding hydrogens is 340 g/mol. The first-order valence-electron chi connectivity index (χ1n) is 10.1. The van der Waals surface area contributed by atoms with Crippen LogP contribution in [0.5, 0.6) is 11.5 Å². The van der Waals surface area contributed by atoms with Crippen molar-refractivity contribution in [1.29, 1.82) is 0 Å². The summed E-state index contributed by atoms with van der Waals surface area (Å²) < 4.78 is 17.3. The number of hydrogen-bond acceptors (Lipinski definition) is 5. The van der Waals surface area contributed by atoms with Gasteiger partial charge in [-0.05, 0) is 64.8 Å². The van der Waals surface area contributed by atoms with Crippen molar-refractivity contribution in [1.82, 2.24) is 10.1 Å². The van der Waals surface area contributed by atoms with Gasteiger partial charge in [-0.15, -0.1) is 0 Å². The second-order valence-corrected chi connectivity index (χ2v) is 7.47. The molecule has 1 aromatic heterocycles. The van der Waals surface area contributed by atoms with Crippen LogP contribution in [0.3, 0.4) is 0 Å². The van der Waals surface area contributed by atoms with E-state index >= 15 is 0 Å². The van der Waals surface area contributed by atoms with Crippen molar-refractivity contribution in [3.05, 3.63) is 40.8 Å². The van der Waals surface area contributed by atoms with Crippen molar-refractivity contribution in [3.63, 3.8) is 0 Å². The van der Waals surface area contributed by atoms with E-state index in [2.05, 4.69) is 36.0 Å². The molecule has 148 valence electrons. The fourth-order valence-electron chi connectivity index (χ4n) is 3.95. The Labute approximate surface area is 162 Å². The zero-order chi connectivity index (χ0) is 19.4. The molecule has 5 heteroatoms. The Kier molecular flexibility index (Phi) is 6.42. The van der Waals surface area contributed by atoms with Gasteiger partial charge in [-0.1, -0.05) is 18.1 Å². The topological polar surface area (TPSA) is 47.7 Å². The van der Waals surface area contributed by atoms with Crippen LogP contribution >= 0.6 is 0 Å². The van der Waals surface area contributed by atoms with Crippen LogP contribution in [0.1, 0.15) is 69.2 Å². The van der Waals surface area contributed by atoms with Crippen molar-refractivity contribution >= 4 is 0 Å². The molecule has 1 aromatic carbocycles. The van der Waals surface area contributed by atoms with E-state index in [0.717, 1.165) is 48.9 Å². The molecule has 5 nitrogen and oxygen atoms in total. The van der Waals surface area contributed by atoms with Crippen LogP contribution in [0.2, 0.25) is 0 Å². The number of benzene rings is 1. The van der Waals surface area contributed by atoms with Crippen molar-refractivity contribution in [2.75, 3.05) is 13.2 Å². The highest BCUT2D eigenvalue weighted by Crippen LogP contribution is 2.38. The van der Waals surface area contributed by atoms with E-state index in [0.29, 0.717) is 12.6 Å². The molecule has 1 saturated heterocycles. The first kappa shape index (κ1) is 19.7. The van der Waals surface area contributed by atoms with Gasteiger partial charge in [0.25, 0.3) is 0 Å². The lowest BCUT2D eigenvalue weighted by atomic mass is 10.0. The van der Waals surface area contributed by atoms with Crippen molar-refractivity contribution in [2.24, 2.45) is 0 Å². The number of hydrogen-bond donors (Lipinski definition) is 0. The Morgan fingerprint density at radius 2 is 2.07 bits per heavy atom.